The van der Waals surface area contributed by atoms with E-state index in [1.807, 2.05) is 35.0 Å². The number of nitrogens with one attached hydrogen (secondary N) is 1. The summed E-state index contributed by atoms with van der Waals surface area (Å²) in [4.78, 5) is 17.8. The number of carbonyl (C=O) groups is 1. The monoisotopic (exact) mass is 290 g/mol. The number of likely N-dealkylation sites (N-methyl/N-ethyl adjacent to an activating group) is 1. The fourth-order valence-corrected chi connectivity index (χ4v) is 2.19. The quantitative estimate of drug-likeness (QED) is 0.871. The van der Waals surface area contributed by atoms with Gasteiger partial charge in [0.05, 0.1) is 17.8 Å². The summed E-state index contributed by atoms with van der Waals surface area (Å²) in [5.41, 5.74) is 0.942. The first-order valence-electron chi connectivity index (χ1n) is 6.99. The minimum Gasteiger partial charge on any atom is -0.389 e. The molecule has 0 aliphatic heterocycles. The summed E-state index contributed by atoms with van der Waals surface area (Å²) in [5, 5.41) is 12.5. The van der Waals surface area contributed by atoms with Crippen LogP contribution in [0.15, 0.2) is 30.6 Å². The number of aromatic nitrogens is 2. The molecule has 0 radical (unpaired) electrons. The number of amides is 2. The highest BCUT2D eigenvalue weighted by atomic mass is 16.3. The Balaban J connectivity index is 1.82. The molecule has 0 saturated heterocycles. The fraction of sp³-hybridized carbons (Fsp3) is 0.467. The Morgan fingerprint density at radius 2 is 2.24 bits per heavy atom. The summed E-state index contributed by atoms with van der Waals surface area (Å²) in [6, 6.07) is 5.64. The van der Waals surface area contributed by atoms with Gasteiger partial charge in [-0.15, -0.1) is 0 Å². The van der Waals surface area contributed by atoms with Gasteiger partial charge in [-0.3, -0.25) is 0 Å². The zero-order valence-electron chi connectivity index (χ0n) is 12.7. The van der Waals surface area contributed by atoms with Crippen molar-refractivity contribution in [2.45, 2.75) is 25.9 Å². The van der Waals surface area contributed by atoms with Crippen LogP contribution in [0.2, 0.25) is 0 Å². The van der Waals surface area contributed by atoms with Gasteiger partial charge >= 0.3 is 6.03 Å². The van der Waals surface area contributed by atoms with Crippen molar-refractivity contribution in [3.8, 4) is 0 Å². The molecule has 6 nitrogen and oxygen atoms in total. The minimum atomic E-state index is -0.895. The molecular formula is C15H22N4O2. The molecule has 2 rings (SSSR count). The summed E-state index contributed by atoms with van der Waals surface area (Å²) in [5.74, 6) is 0. The lowest BCUT2D eigenvalue weighted by Gasteiger charge is -2.25. The molecule has 2 heterocycles. The van der Waals surface area contributed by atoms with E-state index in [4.69, 9.17) is 0 Å². The van der Waals surface area contributed by atoms with Crippen LogP contribution in [0.4, 0.5) is 4.79 Å². The Labute approximate surface area is 124 Å². The van der Waals surface area contributed by atoms with Crippen molar-refractivity contribution in [2.24, 2.45) is 0 Å². The maximum absolute atomic E-state index is 11.9. The molecule has 0 spiro atoms. The van der Waals surface area contributed by atoms with E-state index in [1.54, 1.807) is 20.9 Å². The summed E-state index contributed by atoms with van der Waals surface area (Å²) in [6.45, 7) is 4.15. The smallest absolute Gasteiger partial charge is 0.317 e. The number of hydrogen-bond donors (Lipinski definition) is 2. The Kier molecular flexibility index (Phi) is 4.47. The fourth-order valence-electron chi connectivity index (χ4n) is 2.19. The minimum absolute atomic E-state index is 0.194. The zero-order chi connectivity index (χ0) is 15.5. The molecule has 0 aliphatic rings. The van der Waals surface area contributed by atoms with Crippen molar-refractivity contribution in [2.75, 3.05) is 20.1 Å². The first-order valence-corrected chi connectivity index (χ1v) is 6.99. The molecule has 2 aromatic rings. The second-order valence-corrected chi connectivity index (χ2v) is 5.85. The largest absolute Gasteiger partial charge is 0.389 e. The normalized spacial score (nSPS) is 11.6. The lowest BCUT2D eigenvalue weighted by molar-refractivity contribution is 0.0532. The third-order valence-electron chi connectivity index (χ3n) is 3.04. The molecule has 0 unspecified atom stereocenters. The molecule has 0 atom stereocenters. The van der Waals surface area contributed by atoms with Crippen LogP contribution < -0.4 is 5.32 Å². The number of rotatable bonds is 5. The van der Waals surface area contributed by atoms with Crippen molar-refractivity contribution >= 4 is 11.7 Å². The Hall–Kier alpha value is -2.08. The number of nitrogens with zero attached hydrogens (tertiary/aromatic N) is 3. The standard InChI is InChI=1S/C15H22N4O2/c1-15(2,21)11-18(3)14(20)16-8-7-12-10-19-9-5-4-6-13(19)17-12/h4-6,9-10,21H,7-8,11H2,1-3H3,(H,16,20). The van der Waals surface area contributed by atoms with Gasteiger partial charge in [0.2, 0.25) is 0 Å². The summed E-state index contributed by atoms with van der Waals surface area (Å²) in [7, 11) is 1.66. The van der Waals surface area contributed by atoms with E-state index in [9.17, 15) is 9.90 Å². The number of carbonyl (C=O) groups excluding carboxylic acids is 1. The van der Waals surface area contributed by atoms with Crippen LogP contribution in [0.25, 0.3) is 5.65 Å². The van der Waals surface area contributed by atoms with E-state index in [0.29, 0.717) is 13.0 Å². The average Bonchev–Trinajstić information content (AvgIpc) is 2.79. The van der Waals surface area contributed by atoms with E-state index < -0.39 is 5.60 Å². The maximum Gasteiger partial charge on any atom is 0.317 e. The van der Waals surface area contributed by atoms with Crippen LogP contribution in [-0.2, 0) is 6.42 Å². The topological polar surface area (TPSA) is 69.9 Å². The summed E-state index contributed by atoms with van der Waals surface area (Å²) >= 11 is 0. The highest BCUT2D eigenvalue weighted by Crippen LogP contribution is 2.05. The average molecular weight is 290 g/mol. The van der Waals surface area contributed by atoms with E-state index in [0.717, 1.165) is 11.3 Å². The molecule has 0 aliphatic carbocycles. The third-order valence-corrected chi connectivity index (χ3v) is 3.04. The Bertz CT molecular complexity index is 582. The van der Waals surface area contributed by atoms with Crippen LogP contribution in [-0.4, -0.2) is 51.2 Å². The SMILES string of the molecule is CN(CC(C)(C)O)C(=O)NCCc1cn2ccccc2n1. The number of pyridine rings is 1. The molecule has 0 aromatic carbocycles. The molecular weight excluding hydrogens is 268 g/mol. The van der Waals surface area contributed by atoms with Gasteiger partial charge in [-0.25, -0.2) is 9.78 Å². The van der Waals surface area contributed by atoms with Crippen molar-refractivity contribution in [3.63, 3.8) is 0 Å². The molecule has 0 saturated carbocycles. The number of fused-ring (bicyclic) bond motifs is 1. The molecule has 6 heteroatoms. The van der Waals surface area contributed by atoms with Crippen LogP contribution in [0.5, 0.6) is 0 Å². The predicted octanol–water partition coefficient (Wildman–Crippen LogP) is 1.29. The van der Waals surface area contributed by atoms with Gasteiger partial charge in [0.15, 0.2) is 0 Å². The first-order chi connectivity index (χ1) is 9.85. The Morgan fingerprint density at radius 3 is 2.90 bits per heavy atom. The second kappa shape index (κ2) is 6.13. The molecule has 0 fully saturated rings. The number of urea groups is 1. The summed E-state index contributed by atoms with van der Waals surface area (Å²) in [6.07, 6.45) is 4.58. The maximum atomic E-state index is 11.9. The van der Waals surface area contributed by atoms with Crippen LogP contribution in [0.1, 0.15) is 19.5 Å². The van der Waals surface area contributed by atoms with Crippen molar-refractivity contribution in [1.29, 1.82) is 0 Å². The van der Waals surface area contributed by atoms with E-state index in [-0.39, 0.29) is 12.6 Å². The van der Waals surface area contributed by atoms with Crippen molar-refractivity contribution in [1.82, 2.24) is 19.6 Å². The van der Waals surface area contributed by atoms with Gasteiger partial charge in [0.1, 0.15) is 5.65 Å². The van der Waals surface area contributed by atoms with Gasteiger partial charge in [0.25, 0.3) is 0 Å². The van der Waals surface area contributed by atoms with Gasteiger partial charge in [-0.1, -0.05) is 6.07 Å². The summed E-state index contributed by atoms with van der Waals surface area (Å²) < 4.78 is 1.96. The molecule has 114 valence electrons. The molecule has 2 amide bonds. The van der Waals surface area contributed by atoms with Gasteiger partial charge in [-0.2, -0.15) is 0 Å². The van der Waals surface area contributed by atoms with E-state index in [1.165, 1.54) is 4.90 Å². The molecule has 2 N–H and O–H groups in total. The highest BCUT2D eigenvalue weighted by Gasteiger charge is 2.18. The predicted molar refractivity (Wildman–Crippen MR) is 81.2 cm³/mol. The molecule has 2 aromatic heterocycles. The zero-order valence-corrected chi connectivity index (χ0v) is 12.7. The van der Waals surface area contributed by atoms with Gasteiger partial charge in [0, 0.05) is 32.4 Å². The van der Waals surface area contributed by atoms with E-state index >= 15 is 0 Å². The number of imidazole rings is 1. The lowest BCUT2D eigenvalue weighted by Crippen LogP contribution is -2.45. The Morgan fingerprint density at radius 1 is 1.48 bits per heavy atom. The van der Waals surface area contributed by atoms with Crippen molar-refractivity contribution < 1.29 is 9.90 Å². The third kappa shape index (κ3) is 4.46. The second-order valence-electron chi connectivity index (χ2n) is 5.85. The van der Waals surface area contributed by atoms with Gasteiger partial charge in [-0.05, 0) is 26.0 Å². The molecule has 0 bridgehead atoms. The van der Waals surface area contributed by atoms with Crippen LogP contribution >= 0.6 is 0 Å². The van der Waals surface area contributed by atoms with Crippen molar-refractivity contribution in [3.05, 3.63) is 36.3 Å². The number of hydrogen-bond acceptors (Lipinski definition) is 3. The number of aliphatic hydroxyl groups is 1. The highest BCUT2D eigenvalue weighted by molar-refractivity contribution is 5.73. The van der Waals surface area contributed by atoms with Gasteiger partial charge < -0.3 is 19.7 Å². The van der Waals surface area contributed by atoms with Crippen LogP contribution in [0.3, 0.4) is 0 Å². The van der Waals surface area contributed by atoms with E-state index in [2.05, 4.69) is 10.3 Å². The first kappa shape index (κ1) is 15.3. The lowest BCUT2D eigenvalue weighted by atomic mass is 10.1. The molecule has 21 heavy (non-hydrogen) atoms. The van der Waals surface area contributed by atoms with Crippen LogP contribution in [0, 0.1) is 0 Å².